The summed E-state index contributed by atoms with van der Waals surface area (Å²) >= 11 is 0. The number of rotatable bonds is 9. The van der Waals surface area contributed by atoms with Crippen molar-refractivity contribution in [2.24, 2.45) is 0 Å². The summed E-state index contributed by atoms with van der Waals surface area (Å²) in [5, 5.41) is 9.35. The minimum Gasteiger partial charge on any atom is -0.508 e. The average Bonchev–Trinajstić information content (AvgIpc) is 2.57. The summed E-state index contributed by atoms with van der Waals surface area (Å²) in [7, 11) is -4.32. The molecule has 0 aromatic heterocycles. The highest BCUT2D eigenvalue weighted by Crippen LogP contribution is 2.32. The molecule has 0 bridgehead atoms. The molecule has 0 saturated carbocycles. The second kappa shape index (κ2) is 8.87. The Balaban J connectivity index is 2.26. The van der Waals surface area contributed by atoms with E-state index in [4.69, 9.17) is 4.74 Å². The number of aromatic hydroxyl groups is 1. The summed E-state index contributed by atoms with van der Waals surface area (Å²) in [6.07, 6.45) is 5.70. The number of unbranched alkanes of at least 4 members (excludes halogenated alkanes) is 4. The number of benzene rings is 2. The molecule has 0 aliphatic carbocycles. The predicted molar refractivity (Wildman–Crippen MR) is 96.9 cm³/mol. The highest BCUT2D eigenvalue weighted by Gasteiger charge is 2.19. The van der Waals surface area contributed by atoms with Gasteiger partial charge in [0.25, 0.3) is 10.1 Å². The van der Waals surface area contributed by atoms with E-state index in [9.17, 15) is 18.1 Å². The van der Waals surface area contributed by atoms with Crippen molar-refractivity contribution in [1.29, 1.82) is 0 Å². The largest absolute Gasteiger partial charge is 0.508 e. The first-order valence-corrected chi connectivity index (χ1v) is 9.92. The van der Waals surface area contributed by atoms with E-state index in [1.807, 2.05) is 0 Å². The first-order chi connectivity index (χ1) is 11.9. The molecule has 0 amide bonds. The summed E-state index contributed by atoms with van der Waals surface area (Å²) in [5.41, 5.74) is 0.481. The van der Waals surface area contributed by atoms with Crippen LogP contribution in [0.2, 0.25) is 0 Å². The van der Waals surface area contributed by atoms with E-state index in [0.29, 0.717) is 23.5 Å². The lowest BCUT2D eigenvalue weighted by atomic mass is 10.0. The van der Waals surface area contributed by atoms with Crippen LogP contribution in [-0.2, 0) is 16.5 Å². The number of ether oxygens (including phenoxy) is 1. The van der Waals surface area contributed by atoms with Crippen LogP contribution >= 0.6 is 0 Å². The average molecular weight is 364 g/mol. The van der Waals surface area contributed by atoms with E-state index in [2.05, 4.69) is 6.92 Å². The van der Waals surface area contributed by atoms with Crippen LogP contribution in [0, 0.1) is 0 Å². The quantitative estimate of drug-likeness (QED) is 0.486. The number of phenols is 1. The van der Waals surface area contributed by atoms with E-state index in [1.165, 1.54) is 18.2 Å². The Morgan fingerprint density at radius 2 is 1.64 bits per heavy atom. The van der Waals surface area contributed by atoms with E-state index in [-0.39, 0.29) is 10.6 Å². The molecule has 2 rings (SSSR count). The standard InChI is InChI=1S/C19H24O5S/c1-2-3-4-5-6-8-17-18(9-7-10-19(17)25(21,22)23)24-16-13-11-15(20)12-14-16/h7,9-14,20H,2-6,8H2,1H3,(H,21,22,23). The SMILES string of the molecule is CCCCCCCc1c(Oc2ccc(O)cc2)cccc1S(=O)(=O)O. The monoisotopic (exact) mass is 364 g/mol. The second-order valence-corrected chi connectivity index (χ2v) is 7.36. The molecule has 5 nitrogen and oxygen atoms in total. The molecule has 0 radical (unpaired) electrons. The normalized spacial score (nSPS) is 11.4. The third-order valence-corrected chi connectivity index (χ3v) is 4.90. The smallest absolute Gasteiger partial charge is 0.294 e. The number of phenolic OH excluding ortho intramolecular Hbond substituents is 1. The zero-order valence-electron chi connectivity index (χ0n) is 14.3. The van der Waals surface area contributed by atoms with E-state index < -0.39 is 10.1 Å². The summed E-state index contributed by atoms with van der Waals surface area (Å²) < 4.78 is 38.7. The molecule has 0 aliphatic heterocycles. The van der Waals surface area contributed by atoms with Crippen LogP contribution in [0.1, 0.15) is 44.6 Å². The van der Waals surface area contributed by atoms with Gasteiger partial charge in [0.05, 0.1) is 0 Å². The maximum absolute atomic E-state index is 11.7. The minimum absolute atomic E-state index is 0.112. The number of hydrogen-bond donors (Lipinski definition) is 2. The molecule has 0 saturated heterocycles. The fraction of sp³-hybridized carbons (Fsp3) is 0.368. The summed E-state index contributed by atoms with van der Waals surface area (Å²) in [6.45, 7) is 2.14. The molecule has 2 aromatic carbocycles. The zero-order valence-corrected chi connectivity index (χ0v) is 15.1. The van der Waals surface area contributed by atoms with Gasteiger partial charge in [-0.3, -0.25) is 4.55 Å². The fourth-order valence-corrected chi connectivity index (χ4v) is 3.44. The Labute approximate surface area is 149 Å². The number of hydrogen-bond acceptors (Lipinski definition) is 4. The predicted octanol–water partition coefficient (Wildman–Crippen LogP) is 4.94. The minimum atomic E-state index is -4.32. The molecular formula is C19H24O5S. The van der Waals surface area contributed by atoms with Crippen molar-refractivity contribution in [2.45, 2.75) is 50.3 Å². The Morgan fingerprint density at radius 1 is 0.960 bits per heavy atom. The first kappa shape index (κ1) is 19.3. The van der Waals surface area contributed by atoms with E-state index in [0.717, 1.165) is 32.1 Å². The van der Waals surface area contributed by atoms with Crippen molar-refractivity contribution in [3.05, 3.63) is 48.0 Å². The van der Waals surface area contributed by atoms with Crippen molar-refractivity contribution in [3.63, 3.8) is 0 Å². The molecule has 0 spiro atoms. The van der Waals surface area contributed by atoms with Crippen LogP contribution < -0.4 is 4.74 Å². The van der Waals surface area contributed by atoms with Gasteiger partial charge in [-0.1, -0.05) is 38.7 Å². The van der Waals surface area contributed by atoms with Crippen molar-refractivity contribution in [3.8, 4) is 17.2 Å². The van der Waals surface area contributed by atoms with Gasteiger partial charge in [0.1, 0.15) is 22.1 Å². The van der Waals surface area contributed by atoms with Crippen LogP contribution in [0.25, 0.3) is 0 Å². The highest BCUT2D eigenvalue weighted by atomic mass is 32.2. The molecule has 2 aromatic rings. The van der Waals surface area contributed by atoms with Gasteiger partial charge in [0, 0.05) is 5.56 Å². The molecule has 0 atom stereocenters. The summed E-state index contributed by atoms with van der Waals surface area (Å²) in [6, 6.07) is 10.8. The van der Waals surface area contributed by atoms with Gasteiger partial charge in [0.15, 0.2) is 0 Å². The Hall–Kier alpha value is -2.05. The van der Waals surface area contributed by atoms with Crippen molar-refractivity contribution in [1.82, 2.24) is 0 Å². The lowest BCUT2D eigenvalue weighted by Crippen LogP contribution is -2.05. The fourth-order valence-electron chi connectivity index (χ4n) is 2.68. The summed E-state index contributed by atoms with van der Waals surface area (Å²) in [5.74, 6) is 1.00. The molecule has 0 heterocycles. The molecular weight excluding hydrogens is 340 g/mol. The van der Waals surface area contributed by atoms with Crippen LogP contribution in [-0.4, -0.2) is 18.1 Å². The van der Waals surface area contributed by atoms with Gasteiger partial charge in [-0.25, -0.2) is 0 Å². The Kier molecular flexibility index (Phi) is 6.84. The van der Waals surface area contributed by atoms with Crippen molar-refractivity contribution in [2.75, 3.05) is 0 Å². The molecule has 25 heavy (non-hydrogen) atoms. The third-order valence-electron chi connectivity index (χ3n) is 3.96. The van der Waals surface area contributed by atoms with Gasteiger partial charge >= 0.3 is 0 Å². The van der Waals surface area contributed by atoms with Crippen LogP contribution in [0.15, 0.2) is 47.4 Å². The molecule has 0 unspecified atom stereocenters. The van der Waals surface area contributed by atoms with Gasteiger partial charge in [-0.2, -0.15) is 8.42 Å². The van der Waals surface area contributed by atoms with Crippen LogP contribution in [0.4, 0.5) is 0 Å². The van der Waals surface area contributed by atoms with E-state index >= 15 is 0 Å². The van der Waals surface area contributed by atoms with Gasteiger partial charge in [-0.15, -0.1) is 0 Å². The maximum atomic E-state index is 11.7. The zero-order chi connectivity index (χ0) is 18.3. The lowest BCUT2D eigenvalue weighted by molar-refractivity contribution is 0.456. The molecule has 136 valence electrons. The van der Waals surface area contributed by atoms with Gasteiger partial charge < -0.3 is 9.84 Å². The topological polar surface area (TPSA) is 83.8 Å². The Bertz CT molecular complexity index is 782. The van der Waals surface area contributed by atoms with Gasteiger partial charge in [0.2, 0.25) is 0 Å². The third kappa shape index (κ3) is 5.76. The molecule has 0 aliphatic rings. The molecule has 6 heteroatoms. The van der Waals surface area contributed by atoms with Crippen molar-refractivity contribution >= 4 is 10.1 Å². The molecule has 0 fully saturated rings. The highest BCUT2D eigenvalue weighted by molar-refractivity contribution is 7.85. The van der Waals surface area contributed by atoms with Crippen LogP contribution in [0.3, 0.4) is 0 Å². The second-order valence-electron chi connectivity index (χ2n) is 5.97. The van der Waals surface area contributed by atoms with E-state index in [1.54, 1.807) is 24.3 Å². The maximum Gasteiger partial charge on any atom is 0.294 e. The first-order valence-electron chi connectivity index (χ1n) is 8.48. The lowest BCUT2D eigenvalue weighted by Gasteiger charge is -2.14. The van der Waals surface area contributed by atoms with Crippen molar-refractivity contribution < 1.29 is 22.8 Å². The molecule has 2 N–H and O–H groups in total. The van der Waals surface area contributed by atoms with Gasteiger partial charge in [-0.05, 0) is 49.2 Å². The Morgan fingerprint density at radius 3 is 2.28 bits per heavy atom. The van der Waals surface area contributed by atoms with Crippen LogP contribution in [0.5, 0.6) is 17.2 Å². The summed E-state index contributed by atoms with van der Waals surface area (Å²) in [4.78, 5) is -0.112.